The lowest BCUT2D eigenvalue weighted by Gasteiger charge is -2.04. The van der Waals surface area contributed by atoms with Gasteiger partial charge in [-0.05, 0) is 40.5 Å². The Labute approximate surface area is 118 Å². The summed E-state index contributed by atoms with van der Waals surface area (Å²) >= 11 is 5.08. The highest BCUT2D eigenvalue weighted by Crippen LogP contribution is 2.32. The Balaban J connectivity index is 2.06. The van der Waals surface area contributed by atoms with Gasteiger partial charge in [0.05, 0.1) is 6.04 Å². The first-order chi connectivity index (χ1) is 8.65. The molecule has 2 nitrogen and oxygen atoms in total. The van der Waals surface area contributed by atoms with Gasteiger partial charge in [-0.15, -0.1) is 11.3 Å². The van der Waals surface area contributed by atoms with Crippen LogP contribution >= 0.6 is 27.3 Å². The molecular formula is C14H12BrNOS. The molecule has 0 spiro atoms. The minimum Gasteiger partial charge on any atom is -0.459 e. The predicted octanol–water partition coefficient (Wildman–Crippen LogP) is 4.61. The van der Waals surface area contributed by atoms with Gasteiger partial charge in [0.25, 0.3) is 0 Å². The van der Waals surface area contributed by atoms with Gasteiger partial charge in [-0.2, -0.15) is 0 Å². The maximum atomic E-state index is 6.24. The average molecular weight is 322 g/mol. The number of nitrogens with two attached hydrogens (primary N) is 1. The topological polar surface area (TPSA) is 39.2 Å². The molecule has 0 aliphatic rings. The van der Waals surface area contributed by atoms with E-state index in [9.17, 15) is 0 Å². The van der Waals surface area contributed by atoms with Crippen LogP contribution in [-0.2, 0) is 0 Å². The number of rotatable bonds is 2. The highest BCUT2D eigenvalue weighted by atomic mass is 79.9. The van der Waals surface area contributed by atoms with Crippen LogP contribution in [0.1, 0.15) is 22.2 Å². The highest BCUT2D eigenvalue weighted by molar-refractivity contribution is 9.10. The molecule has 0 bridgehead atoms. The van der Waals surface area contributed by atoms with Crippen molar-refractivity contribution in [2.75, 3.05) is 0 Å². The lowest BCUT2D eigenvalue weighted by atomic mass is 10.1. The maximum Gasteiger partial charge on any atom is 0.137 e. The third-order valence-electron chi connectivity index (χ3n) is 2.96. The van der Waals surface area contributed by atoms with Crippen LogP contribution in [0.25, 0.3) is 11.0 Å². The van der Waals surface area contributed by atoms with Crippen molar-refractivity contribution in [3.05, 3.63) is 56.4 Å². The van der Waals surface area contributed by atoms with E-state index >= 15 is 0 Å². The van der Waals surface area contributed by atoms with Crippen molar-refractivity contribution in [1.82, 2.24) is 0 Å². The molecule has 0 radical (unpaired) electrons. The van der Waals surface area contributed by atoms with E-state index < -0.39 is 0 Å². The molecule has 0 fully saturated rings. The van der Waals surface area contributed by atoms with Gasteiger partial charge in [-0.3, -0.25) is 0 Å². The summed E-state index contributed by atoms with van der Waals surface area (Å²) in [6.45, 7) is 2.04. The summed E-state index contributed by atoms with van der Waals surface area (Å²) in [5.74, 6) is 0.814. The molecule has 2 N–H and O–H groups in total. The highest BCUT2D eigenvalue weighted by Gasteiger charge is 2.16. The zero-order chi connectivity index (χ0) is 12.7. The Morgan fingerprint density at radius 3 is 2.83 bits per heavy atom. The van der Waals surface area contributed by atoms with Crippen LogP contribution in [0.2, 0.25) is 0 Å². The Bertz CT molecular complexity index is 701. The monoisotopic (exact) mass is 321 g/mol. The number of hydrogen-bond acceptors (Lipinski definition) is 3. The van der Waals surface area contributed by atoms with E-state index in [1.807, 2.05) is 42.6 Å². The average Bonchev–Trinajstić information content (AvgIpc) is 2.95. The molecule has 2 heterocycles. The summed E-state index contributed by atoms with van der Waals surface area (Å²) in [5, 5.41) is 3.14. The molecule has 1 atom stereocenters. The maximum absolute atomic E-state index is 6.24. The summed E-state index contributed by atoms with van der Waals surface area (Å²) in [5.41, 5.74) is 8.31. The van der Waals surface area contributed by atoms with Gasteiger partial charge in [0, 0.05) is 20.1 Å². The van der Waals surface area contributed by atoms with Gasteiger partial charge in [-0.25, -0.2) is 0 Å². The summed E-state index contributed by atoms with van der Waals surface area (Å²) in [6.07, 6.45) is 0. The molecule has 3 aromatic rings. The van der Waals surface area contributed by atoms with Crippen LogP contribution in [0, 0.1) is 6.92 Å². The molecule has 18 heavy (non-hydrogen) atoms. The molecule has 3 rings (SSSR count). The van der Waals surface area contributed by atoms with Crippen molar-refractivity contribution < 1.29 is 4.42 Å². The van der Waals surface area contributed by atoms with Crippen molar-refractivity contribution in [1.29, 1.82) is 0 Å². The Hall–Kier alpha value is -1.10. The number of benzene rings is 1. The number of thiophene rings is 1. The second kappa shape index (κ2) is 4.53. The van der Waals surface area contributed by atoms with E-state index in [4.69, 9.17) is 10.2 Å². The fraction of sp³-hybridized carbons (Fsp3) is 0.143. The zero-order valence-corrected chi connectivity index (χ0v) is 12.2. The largest absolute Gasteiger partial charge is 0.459 e. The number of furan rings is 1. The van der Waals surface area contributed by atoms with Crippen molar-refractivity contribution in [2.45, 2.75) is 13.0 Å². The van der Waals surface area contributed by atoms with Crippen LogP contribution in [0.4, 0.5) is 0 Å². The molecule has 1 aromatic carbocycles. The molecule has 4 heteroatoms. The molecule has 2 aromatic heterocycles. The molecule has 0 aliphatic carbocycles. The second-order valence-corrected chi connectivity index (χ2v) is 6.15. The third-order valence-corrected chi connectivity index (χ3v) is 4.74. The van der Waals surface area contributed by atoms with E-state index in [1.54, 1.807) is 11.3 Å². The summed E-state index contributed by atoms with van der Waals surface area (Å²) in [6, 6.07) is 9.99. The predicted molar refractivity (Wildman–Crippen MR) is 79.0 cm³/mol. The Kier molecular flexibility index (Phi) is 3.01. The third kappa shape index (κ3) is 2.00. The van der Waals surface area contributed by atoms with Gasteiger partial charge in [0.2, 0.25) is 0 Å². The summed E-state index contributed by atoms with van der Waals surface area (Å²) in [7, 11) is 0. The van der Waals surface area contributed by atoms with Gasteiger partial charge < -0.3 is 10.2 Å². The molecule has 0 amide bonds. The van der Waals surface area contributed by atoms with E-state index in [-0.39, 0.29) is 6.04 Å². The second-order valence-electron chi connectivity index (χ2n) is 4.29. The van der Waals surface area contributed by atoms with E-state index in [2.05, 4.69) is 15.9 Å². The van der Waals surface area contributed by atoms with E-state index in [0.29, 0.717) is 0 Å². The Morgan fingerprint density at radius 2 is 2.17 bits per heavy atom. The van der Waals surface area contributed by atoms with Gasteiger partial charge >= 0.3 is 0 Å². The summed E-state index contributed by atoms with van der Waals surface area (Å²) < 4.78 is 6.95. The smallest absolute Gasteiger partial charge is 0.137 e. The number of aryl methyl sites for hydroxylation is 1. The van der Waals surface area contributed by atoms with Crippen molar-refractivity contribution in [2.24, 2.45) is 5.73 Å². The standard InChI is InChI=1S/C14H12BrNOS/c1-8-3-2-4-9-5-11(17-14(8)9)13(16)12-6-10(15)7-18-12/h2-7,13H,16H2,1H3. The SMILES string of the molecule is Cc1cccc2cc(C(N)c3cc(Br)cs3)oc12. The molecule has 0 aliphatic heterocycles. The van der Waals surface area contributed by atoms with E-state index in [0.717, 1.165) is 31.6 Å². The zero-order valence-electron chi connectivity index (χ0n) is 9.81. The van der Waals surface area contributed by atoms with Crippen molar-refractivity contribution in [3.8, 4) is 0 Å². The minimum absolute atomic E-state index is 0.201. The molecule has 92 valence electrons. The molecule has 0 saturated carbocycles. The molecular weight excluding hydrogens is 310 g/mol. The normalized spacial score (nSPS) is 13.1. The first-order valence-corrected chi connectivity index (χ1v) is 7.31. The fourth-order valence-electron chi connectivity index (χ4n) is 2.01. The number of fused-ring (bicyclic) bond motifs is 1. The van der Waals surface area contributed by atoms with Crippen LogP contribution in [0.15, 0.2) is 44.6 Å². The van der Waals surface area contributed by atoms with Gasteiger partial charge in [0.1, 0.15) is 11.3 Å². The number of para-hydroxylation sites is 1. The van der Waals surface area contributed by atoms with Crippen LogP contribution in [0.5, 0.6) is 0 Å². The van der Waals surface area contributed by atoms with Gasteiger partial charge in [0.15, 0.2) is 0 Å². The van der Waals surface area contributed by atoms with Crippen LogP contribution in [0.3, 0.4) is 0 Å². The lowest BCUT2D eigenvalue weighted by molar-refractivity contribution is 0.526. The van der Waals surface area contributed by atoms with Crippen molar-refractivity contribution in [3.63, 3.8) is 0 Å². The van der Waals surface area contributed by atoms with Crippen molar-refractivity contribution >= 4 is 38.2 Å². The quantitative estimate of drug-likeness (QED) is 0.748. The van der Waals surface area contributed by atoms with Gasteiger partial charge in [-0.1, -0.05) is 18.2 Å². The Morgan fingerprint density at radius 1 is 1.33 bits per heavy atom. The van der Waals surface area contributed by atoms with E-state index in [1.165, 1.54) is 0 Å². The van der Waals surface area contributed by atoms with Crippen LogP contribution < -0.4 is 5.73 Å². The number of halogens is 1. The minimum atomic E-state index is -0.201. The molecule has 1 unspecified atom stereocenters. The van der Waals surface area contributed by atoms with Crippen LogP contribution in [-0.4, -0.2) is 0 Å². The first-order valence-electron chi connectivity index (χ1n) is 5.64. The summed E-state index contributed by atoms with van der Waals surface area (Å²) in [4.78, 5) is 1.10. The number of hydrogen-bond donors (Lipinski definition) is 1. The first kappa shape index (κ1) is 12.0. The lowest BCUT2D eigenvalue weighted by Crippen LogP contribution is -2.08. The fourth-order valence-corrected chi connectivity index (χ4v) is 3.47. The molecule has 0 saturated heterocycles.